The normalized spacial score (nSPS) is 10.7. The lowest BCUT2D eigenvalue weighted by atomic mass is 10.1. The van der Waals surface area contributed by atoms with Crippen molar-refractivity contribution in [3.63, 3.8) is 0 Å². The molecule has 0 amide bonds. The van der Waals surface area contributed by atoms with E-state index >= 15 is 0 Å². The average molecular weight is 333 g/mol. The van der Waals surface area contributed by atoms with Gasteiger partial charge in [-0.05, 0) is 30.5 Å². The van der Waals surface area contributed by atoms with E-state index < -0.39 is 0 Å². The maximum Gasteiger partial charge on any atom is 0.0426 e. The molecule has 1 aromatic rings. The summed E-state index contributed by atoms with van der Waals surface area (Å²) < 4.78 is 0. The SMILES string of the molecule is CCCCN(CCCC)c1cc(Cl)ccc1CBr. The summed E-state index contributed by atoms with van der Waals surface area (Å²) in [5.41, 5.74) is 2.62. The van der Waals surface area contributed by atoms with Gasteiger partial charge in [0.1, 0.15) is 0 Å². The van der Waals surface area contributed by atoms with Crippen LogP contribution in [0.15, 0.2) is 18.2 Å². The fourth-order valence-electron chi connectivity index (χ4n) is 2.00. The number of hydrogen-bond acceptors (Lipinski definition) is 1. The lowest BCUT2D eigenvalue weighted by Crippen LogP contribution is -2.26. The molecule has 0 fully saturated rings. The standard InChI is InChI=1S/C15H23BrClN/c1-3-5-9-18(10-6-4-2)15-11-14(17)8-7-13(15)12-16/h7-8,11H,3-6,9-10,12H2,1-2H3. The Morgan fingerprint density at radius 2 is 1.72 bits per heavy atom. The number of nitrogens with zero attached hydrogens (tertiary/aromatic N) is 1. The zero-order chi connectivity index (χ0) is 13.4. The summed E-state index contributed by atoms with van der Waals surface area (Å²) in [6.07, 6.45) is 4.93. The largest absolute Gasteiger partial charge is 0.371 e. The molecule has 0 aliphatic carbocycles. The van der Waals surface area contributed by atoms with Crippen LogP contribution in [0.2, 0.25) is 5.02 Å². The van der Waals surface area contributed by atoms with Crippen molar-refractivity contribution in [1.82, 2.24) is 0 Å². The Morgan fingerprint density at radius 3 is 2.22 bits per heavy atom. The summed E-state index contributed by atoms with van der Waals surface area (Å²) in [6.45, 7) is 6.72. The quantitative estimate of drug-likeness (QED) is 0.557. The molecule has 0 bridgehead atoms. The lowest BCUT2D eigenvalue weighted by Gasteiger charge is -2.27. The number of halogens is 2. The van der Waals surface area contributed by atoms with Gasteiger partial charge in [0, 0.05) is 29.1 Å². The van der Waals surface area contributed by atoms with Crippen LogP contribution in [0.25, 0.3) is 0 Å². The second-order valence-electron chi connectivity index (χ2n) is 4.60. The van der Waals surface area contributed by atoms with Crippen molar-refractivity contribution in [1.29, 1.82) is 0 Å². The summed E-state index contributed by atoms with van der Waals surface area (Å²) in [5.74, 6) is 0. The minimum absolute atomic E-state index is 0.827. The molecular weight excluding hydrogens is 310 g/mol. The van der Waals surface area contributed by atoms with Crippen LogP contribution in [0.4, 0.5) is 5.69 Å². The van der Waals surface area contributed by atoms with Crippen LogP contribution in [0.3, 0.4) is 0 Å². The van der Waals surface area contributed by atoms with Gasteiger partial charge in [-0.25, -0.2) is 0 Å². The molecule has 3 heteroatoms. The summed E-state index contributed by atoms with van der Waals surface area (Å²) >= 11 is 9.71. The molecular formula is C15H23BrClN. The van der Waals surface area contributed by atoms with E-state index in [2.05, 4.69) is 46.8 Å². The molecule has 0 unspecified atom stereocenters. The predicted molar refractivity (Wildman–Crippen MR) is 86.1 cm³/mol. The average Bonchev–Trinajstić information content (AvgIpc) is 2.39. The number of rotatable bonds is 8. The molecule has 1 nitrogen and oxygen atoms in total. The number of anilines is 1. The maximum absolute atomic E-state index is 6.14. The summed E-state index contributed by atoms with van der Waals surface area (Å²) in [5, 5.41) is 1.71. The van der Waals surface area contributed by atoms with Gasteiger partial charge in [-0.1, -0.05) is 60.3 Å². The molecule has 102 valence electrons. The van der Waals surface area contributed by atoms with Crippen molar-refractivity contribution in [3.05, 3.63) is 28.8 Å². The van der Waals surface area contributed by atoms with Gasteiger partial charge in [0.25, 0.3) is 0 Å². The molecule has 0 radical (unpaired) electrons. The van der Waals surface area contributed by atoms with E-state index in [-0.39, 0.29) is 0 Å². The van der Waals surface area contributed by atoms with Crippen molar-refractivity contribution >= 4 is 33.2 Å². The smallest absolute Gasteiger partial charge is 0.0426 e. The molecule has 1 rings (SSSR count). The lowest BCUT2D eigenvalue weighted by molar-refractivity contribution is 0.676. The molecule has 0 aromatic heterocycles. The Balaban J connectivity index is 2.90. The van der Waals surface area contributed by atoms with Gasteiger partial charge in [-0.15, -0.1) is 0 Å². The van der Waals surface area contributed by atoms with Crippen LogP contribution in [-0.4, -0.2) is 13.1 Å². The van der Waals surface area contributed by atoms with Crippen LogP contribution in [0.1, 0.15) is 45.1 Å². The minimum atomic E-state index is 0.827. The van der Waals surface area contributed by atoms with Crippen LogP contribution < -0.4 is 4.90 Å². The Bertz CT molecular complexity index is 346. The molecule has 0 N–H and O–H groups in total. The van der Waals surface area contributed by atoms with Gasteiger partial charge >= 0.3 is 0 Å². The monoisotopic (exact) mass is 331 g/mol. The number of hydrogen-bond donors (Lipinski definition) is 0. The first-order valence-electron chi connectivity index (χ1n) is 6.82. The van der Waals surface area contributed by atoms with Crippen molar-refractivity contribution in [2.45, 2.75) is 44.9 Å². The van der Waals surface area contributed by atoms with Gasteiger partial charge in [0.05, 0.1) is 0 Å². The molecule has 18 heavy (non-hydrogen) atoms. The van der Waals surface area contributed by atoms with Crippen LogP contribution in [0, 0.1) is 0 Å². The first-order valence-corrected chi connectivity index (χ1v) is 8.32. The van der Waals surface area contributed by atoms with Gasteiger partial charge in [-0.2, -0.15) is 0 Å². The fraction of sp³-hybridized carbons (Fsp3) is 0.600. The van der Waals surface area contributed by atoms with E-state index in [1.807, 2.05) is 6.07 Å². The Morgan fingerprint density at radius 1 is 1.11 bits per heavy atom. The van der Waals surface area contributed by atoms with Gasteiger partial charge in [-0.3, -0.25) is 0 Å². The Labute approximate surface area is 125 Å². The first-order chi connectivity index (χ1) is 8.72. The third-order valence-corrected chi connectivity index (χ3v) is 3.93. The van der Waals surface area contributed by atoms with E-state index in [1.54, 1.807) is 0 Å². The van der Waals surface area contributed by atoms with E-state index in [9.17, 15) is 0 Å². The first kappa shape index (κ1) is 15.8. The molecule has 0 heterocycles. The Hall–Kier alpha value is -0.210. The number of benzene rings is 1. The molecule has 0 saturated heterocycles. The molecule has 0 saturated carbocycles. The predicted octanol–water partition coefficient (Wildman–Crippen LogP) is 5.64. The van der Waals surface area contributed by atoms with Gasteiger partial charge in [0.15, 0.2) is 0 Å². The topological polar surface area (TPSA) is 3.24 Å². The highest BCUT2D eigenvalue weighted by molar-refractivity contribution is 9.08. The molecule has 0 aliphatic rings. The van der Waals surface area contributed by atoms with Crippen LogP contribution in [0.5, 0.6) is 0 Å². The van der Waals surface area contributed by atoms with Crippen LogP contribution >= 0.6 is 27.5 Å². The van der Waals surface area contributed by atoms with Crippen molar-refractivity contribution in [2.75, 3.05) is 18.0 Å². The van der Waals surface area contributed by atoms with Crippen LogP contribution in [-0.2, 0) is 5.33 Å². The fourth-order valence-corrected chi connectivity index (χ4v) is 2.64. The van der Waals surface area contributed by atoms with E-state index in [4.69, 9.17) is 11.6 Å². The second-order valence-corrected chi connectivity index (χ2v) is 5.60. The number of unbranched alkanes of at least 4 members (excludes halogenated alkanes) is 2. The second kappa shape index (κ2) is 8.82. The highest BCUT2D eigenvalue weighted by Gasteiger charge is 2.10. The minimum Gasteiger partial charge on any atom is -0.371 e. The highest BCUT2D eigenvalue weighted by Crippen LogP contribution is 2.27. The third kappa shape index (κ3) is 4.81. The third-order valence-electron chi connectivity index (χ3n) is 3.10. The Kier molecular flexibility index (Phi) is 7.76. The maximum atomic E-state index is 6.14. The van der Waals surface area contributed by atoms with Gasteiger partial charge < -0.3 is 4.90 Å². The van der Waals surface area contributed by atoms with E-state index in [0.717, 1.165) is 23.4 Å². The van der Waals surface area contributed by atoms with Gasteiger partial charge in [0.2, 0.25) is 0 Å². The number of alkyl halides is 1. The zero-order valence-electron chi connectivity index (χ0n) is 11.4. The summed E-state index contributed by atoms with van der Waals surface area (Å²) in [6, 6.07) is 6.19. The molecule has 0 spiro atoms. The van der Waals surface area contributed by atoms with E-state index in [1.165, 1.54) is 36.9 Å². The highest BCUT2D eigenvalue weighted by atomic mass is 79.9. The zero-order valence-corrected chi connectivity index (χ0v) is 13.7. The molecule has 1 aromatic carbocycles. The molecule has 0 aliphatic heterocycles. The van der Waals surface area contributed by atoms with Crippen molar-refractivity contribution < 1.29 is 0 Å². The van der Waals surface area contributed by atoms with Crippen molar-refractivity contribution in [2.24, 2.45) is 0 Å². The summed E-state index contributed by atoms with van der Waals surface area (Å²) in [7, 11) is 0. The summed E-state index contributed by atoms with van der Waals surface area (Å²) in [4.78, 5) is 2.48. The molecule has 0 atom stereocenters. The van der Waals surface area contributed by atoms with E-state index in [0.29, 0.717) is 0 Å². The van der Waals surface area contributed by atoms with Crippen molar-refractivity contribution in [3.8, 4) is 0 Å².